The fourth-order valence-electron chi connectivity index (χ4n) is 3.22. The zero-order chi connectivity index (χ0) is 15.1. The number of amides is 1. The van der Waals surface area contributed by atoms with E-state index in [1.807, 2.05) is 18.7 Å². The third-order valence-electron chi connectivity index (χ3n) is 4.44. The van der Waals surface area contributed by atoms with E-state index in [-0.39, 0.29) is 11.9 Å². The first kappa shape index (κ1) is 15.0. The lowest BCUT2D eigenvalue weighted by Crippen LogP contribution is -2.50. The SMILES string of the molecule is CN1CCC(N2CC(C)(C)C(=O)N(C)C(C=N)C2=N)C1. The Labute approximate surface area is 120 Å². The number of carbonyl (C=O) groups excluding carboxylic acids is 1. The van der Waals surface area contributed by atoms with Crippen molar-refractivity contribution >= 4 is 18.0 Å². The van der Waals surface area contributed by atoms with E-state index in [2.05, 4.69) is 11.9 Å². The average Bonchev–Trinajstić information content (AvgIpc) is 2.79. The Morgan fingerprint density at radius 3 is 2.50 bits per heavy atom. The van der Waals surface area contributed by atoms with E-state index in [9.17, 15) is 4.79 Å². The van der Waals surface area contributed by atoms with E-state index in [0.717, 1.165) is 19.5 Å². The molecular formula is C14H25N5O. The lowest BCUT2D eigenvalue weighted by molar-refractivity contribution is -0.138. The molecule has 2 aliphatic rings. The molecule has 2 fully saturated rings. The number of hydrogen-bond donors (Lipinski definition) is 2. The van der Waals surface area contributed by atoms with Crippen LogP contribution in [0.1, 0.15) is 20.3 Å². The van der Waals surface area contributed by atoms with Gasteiger partial charge in [-0.25, -0.2) is 0 Å². The first-order valence-corrected chi connectivity index (χ1v) is 7.09. The summed E-state index contributed by atoms with van der Waals surface area (Å²) in [5.41, 5.74) is -0.528. The molecule has 0 bridgehead atoms. The van der Waals surface area contributed by atoms with Crippen molar-refractivity contribution in [2.45, 2.75) is 32.4 Å². The second-order valence-electron chi connectivity index (χ2n) is 6.63. The Morgan fingerprint density at radius 1 is 1.35 bits per heavy atom. The van der Waals surface area contributed by atoms with Gasteiger partial charge in [-0.1, -0.05) is 0 Å². The van der Waals surface area contributed by atoms with E-state index < -0.39 is 11.5 Å². The van der Waals surface area contributed by atoms with Gasteiger partial charge in [-0.15, -0.1) is 0 Å². The average molecular weight is 279 g/mol. The summed E-state index contributed by atoms with van der Waals surface area (Å²) in [6, 6.07) is -0.274. The minimum absolute atomic E-state index is 0.00426. The van der Waals surface area contributed by atoms with Gasteiger partial charge in [0, 0.05) is 32.4 Å². The van der Waals surface area contributed by atoms with Crippen LogP contribution in [0, 0.1) is 16.2 Å². The third-order valence-corrected chi connectivity index (χ3v) is 4.44. The molecule has 2 saturated heterocycles. The molecule has 0 aliphatic carbocycles. The number of hydrogen-bond acceptors (Lipinski definition) is 4. The molecule has 2 aliphatic heterocycles. The number of nitrogens with one attached hydrogen (secondary N) is 2. The molecular weight excluding hydrogens is 254 g/mol. The molecule has 0 aromatic carbocycles. The highest BCUT2D eigenvalue weighted by molar-refractivity contribution is 6.03. The molecule has 2 N–H and O–H groups in total. The van der Waals surface area contributed by atoms with Crippen LogP contribution < -0.4 is 0 Å². The van der Waals surface area contributed by atoms with Crippen LogP contribution in [0.25, 0.3) is 0 Å². The summed E-state index contributed by atoms with van der Waals surface area (Å²) in [6.07, 6.45) is 2.21. The predicted molar refractivity (Wildman–Crippen MR) is 79.5 cm³/mol. The van der Waals surface area contributed by atoms with E-state index in [1.165, 1.54) is 11.1 Å². The van der Waals surface area contributed by atoms with Crippen molar-refractivity contribution in [1.29, 1.82) is 10.8 Å². The van der Waals surface area contributed by atoms with E-state index in [0.29, 0.717) is 12.4 Å². The van der Waals surface area contributed by atoms with Crippen LogP contribution >= 0.6 is 0 Å². The molecule has 0 aromatic heterocycles. The Kier molecular flexibility index (Phi) is 3.86. The maximum Gasteiger partial charge on any atom is 0.230 e. The van der Waals surface area contributed by atoms with Gasteiger partial charge in [-0.3, -0.25) is 10.2 Å². The molecule has 20 heavy (non-hydrogen) atoms. The van der Waals surface area contributed by atoms with Crippen molar-refractivity contribution in [2.24, 2.45) is 5.41 Å². The van der Waals surface area contributed by atoms with Crippen molar-refractivity contribution in [3.8, 4) is 0 Å². The fraction of sp³-hybridized carbons (Fsp3) is 0.786. The lowest BCUT2D eigenvalue weighted by Gasteiger charge is -2.34. The monoisotopic (exact) mass is 279 g/mol. The first-order chi connectivity index (χ1) is 9.27. The molecule has 0 saturated carbocycles. The van der Waals surface area contributed by atoms with Crippen molar-refractivity contribution in [1.82, 2.24) is 14.7 Å². The summed E-state index contributed by atoms with van der Waals surface area (Å²) in [5, 5.41) is 16.0. The largest absolute Gasteiger partial charge is 0.353 e. The van der Waals surface area contributed by atoms with Gasteiger partial charge in [0.15, 0.2) is 0 Å². The van der Waals surface area contributed by atoms with Gasteiger partial charge in [0.2, 0.25) is 5.91 Å². The minimum atomic E-state index is -0.546. The molecule has 0 aromatic rings. The second-order valence-corrected chi connectivity index (χ2v) is 6.63. The standard InChI is InChI=1S/C14H25N5O/c1-14(2)9-19(10-5-6-17(3)8-10)12(16)11(7-15)18(4)13(14)20/h7,10-11,15-16H,5-6,8-9H2,1-4H3. The van der Waals surface area contributed by atoms with Crippen molar-refractivity contribution in [3.05, 3.63) is 0 Å². The number of rotatable bonds is 2. The second kappa shape index (κ2) is 5.16. The summed E-state index contributed by atoms with van der Waals surface area (Å²) in [4.78, 5) is 18.3. The molecule has 6 nitrogen and oxygen atoms in total. The van der Waals surface area contributed by atoms with Crippen molar-refractivity contribution in [2.75, 3.05) is 33.7 Å². The summed E-state index contributed by atoms with van der Waals surface area (Å²) in [7, 11) is 3.77. The molecule has 2 unspecified atom stereocenters. The highest BCUT2D eigenvalue weighted by atomic mass is 16.2. The Morgan fingerprint density at radius 2 is 2.00 bits per heavy atom. The summed E-state index contributed by atoms with van der Waals surface area (Å²) < 4.78 is 0. The quantitative estimate of drug-likeness (QED) is 0.722. The van der Waals surface area contributed by atoms with Gasteiger partial charge < -0.3 is 20.1 Å². The maximum absolute atomic E-state index is 12.5. The number of amidine groups is 1. The van der Waals surface area contributed by atoms with Crippen LogP contribution in [0.15, 0.2) is 0 Å². The number of nitrogens with zero attached hydrogens (tertiary/aromatic N) is 3. The Balaban J connectivity index is 2.33. The summed E-state index contributed by atoms with van der Waals surface area (Å²) >= 11 is 0. The first-order valence-electron chi connectivity index (χ1n) is 7.09. The van der Waals surface area contributed by atoms with E-state index >= 15 is 0 Å². The smallest absolute Gasteiger partial charge is 0.230 e. The molecule has 2 rings (SSSR count). The van der Waals surface area contributed by atoms with Crippen LogP contribution in [0.5, 0.6) is 0 Å². The van der Waals surface area contributed by atoms with Gasteiger partial charge in [-0.2, -0.15) is 0 Å². The minimum Gasteiger partial charge on any atom is -0.353 e. The normalized spacial score (nSPS) is 31.6. The van der Waals surface area contributed by atoms with Gasteiger partial charge in [-0.05, 0) is 33.9 Å². The molecule has 2 heterocycles. The summed E-state index contributed by atoms with van der Waals surface area (Å²) in [6.45, 7) is 6.35. The lowest BCUT2D eigenvalue weighted by atomic mass is 9.91. The molecule has 2 atom stereocenters. The molecule has 0 radical (unpaired) electrons. The van der Waals surface area contributed by atoms with Crippen molar-refractivity contribution in [3.63, 3.8) is 0 Å². The van der Waals surface area contributed by atoms with Crippen LogP contribution in [-0.4, -0.2) is 78.5 Å². The topological polar surface area (TPSA) is 74.5 Å². The predicted octanol–water partition coefficient (Wildman–Crippen LogP) is 0.486. The maximum atomic E-state index is 12.5. The number of carbonyl (C=O) groups is 1. The zero-order valence-electron chi connectivity index (χ0n) is 12.8. The molecule has 1 amide bonds. The number of likely N-dealkylation sites (tertiary alicyclic amines) is 1. The Hall–Kier alpha value is -1.43. The highest BCUT2D eigenvalue weighted by Gasteiger charge is 2.44. The highest BCUT2D eigenvalue weighted by Crippen LogP contribution is 2.29. The molecule has 0 spiro atoms. The van der Waals surface area contributed by atoms with Gasteiger partial charge >= 0.3 is 0 Å². The molecule has 6 heteroatoms. The van der Waals surface area contributed by atoms with Crippen LogP contribution in [0.2, 0.25) is 0 Å². The summed E-state index contributed by atoms with van der Waals surface area (Å²) in [5.74, 6) is 0.381. The third kappa shape index (κ3) is 2.44. The van der Waals surface area contributed by atoms with Crippen molar-refractivity contribution < 1.29 is 4.79 Å². The van der Waals surface area contributed by atoms with Crippen LogP contribution in [0.3, 0.4) is 0 Å². The van der Waals surface area contributed by atoms with Gasteiger partial charge in [0.05, 0.1) is 5.41 Å². The van der Waals surface area contributed by atoms with Crippen LogP contribution in [-0.2, 0) is 4.79 Å². The van der Waals surface area contributed by atoms with Crippen LogP contribution in [0.4, 0.5) is 0 Å². The van der Waals surface area contributed by atoms with E-state index in [1.54, 1.807) is 7.05 Å². The number of likely N-dealkylation sites (N-methyl/N-ethyl adjacent to an activating group) is 2. The zero-order valence-corrected chi connectivity index (χ0v) is 12.8. The van der Waals surface area contributed by atoms with Gasteiger partial charge in [0.1, 0.15) is 11.9 Å². The molecule has 112 valence electrons. The Bertz CT molecular complexity index is 433. The van der Waals surface area contributed by atoms with Gasteiger partial charge in [0.25, 0.3) is 0 Å². The fourth-order valence-corrected chi connectivity index (χ4v) is 3.22. The van der Waals surface area contributed by atoms with E-state index in [4.69, 9.17) is 10.8 Å².